The Hall–Kier alpha value is -1.79. The summed E-state index contributed by atoms with van der Waals surface area (Å²) >= 11 is 6.34. The van der Waals surface area contributed by atoms with E-state index < -0.39 is 6.04 Å². The molecular formula is C14H17ClN4O2. The van der Waals surface area contributed by atoms with Crippen LogP contribution in [0.15, 0.2) is 12.1 Å². The van der Waals surface area contributed by atoms with Crippen molar-refractivity contribution < 1.29 is 9.59 Å². The van der Waals surface area contributed by atoms with E-state index in [1.54, 1.807) is 13.0 Å². The fraction of sp³-hybridized carbons (Fsp3) is 0.429. The molecule has 0 spiro atoms. The van der Waals surface area contributed by atoms with Crippen LogP contribution < -0.4 is 16.0 Å². The summed E-state index contributed by atoms with van der Waals surface area (Å²) in [5.74, 6) is -0.118. The molecule has 0 bridgehead atoms. The highest BCUT2D eigenvalue weighted by atomic mass is 35.5. The second kappa shape index (κ2) is 5.20. The Labute approximate surface area is 127 Å². The molecule has 0 radical (unpaired) electrons. The van der Waals surface area contributed by atoms with Gasteiger partial charge in [0.2, 0.25) is 11.8 Å². The van der Waals surface area contributed by atoms with Gasteiger partial charge in [0.15, 0.2) is 0 Å². The SMILES string of the molecule is CC(=O)N1CCN(c2cc3c(cc2Cl)C(N)C(=O)N3)CC1. The van der Waals surface area contributed by atoms with Gasteiger partial charge in [0.25, 0.3) is 0 Å². The van der Waals surface area contributed by atoms with Crippen LogP contribution in [0.3, 0.4) is 0 Å². The second-order valence-corrected chi connectivity index (χ2v) is 5.76. The smallest absolute Gasteiger partial charge is 0.245 e. The number of fused-ring (bicyclic) bond motifs is 1. The van der Waals surface area contributed by atoms with Crippen molar-refractivity contribution in [3.63, 3.8) is 0 Å². The van der Waals surface area contributed by atoms with Crippen LogP contribution in [0.5, 0.6) is 0 Å². The number of hydrogen-bond donors (Lipinski definition) is 2. The largest absolute Gasteiger partial charge is 0.367 e. The number of anilines is 2. The average molecular weight is 309 g/mol. The van der Waals surface area contributed by atoms with Gasteiger partial charge in [0, 0.05) is 44.4 Å². The van der Waals surface area contributed by atoms with Crippen LogP contribution in [-0.2, 0) is 9.59 Å². The van der Waals surface area contributed by atoms with Gasteiger partial charge in [-0.1, -0.05) is 11.6 Å². The lowest BCUT2D eigenvalue weighted by molar-refractivity contribution is -0.129. The Balaban J connectivity index is 1.83. The fourth-order valence-corrected chi connectivity index (χ4v) is 3.09. The Morgan fingerprint density at radius 1 is 1.33 bits per heavy atom. The van der Waals surface area contributed by atoms with Crippen LogP contribution >= 0.6 is 11.6 Å². The van der Waals surface area contributed by atoms with Gasteiger partial charge >= 0.3 is 0 Å². The summed E-state index contributed by atoms with van der Waals surface area (Å²) in [6, 6.07) is 2.97. The minimum Gasteiger partial charge on any atom is -0.367 e. The summed E-state index contributed by atoms with van der Waals surface area (Å²) in [7, 11) is 0. The van der Waals surface area contributed by atoms with Crippen molar-refractivity contribution in [3.8, 4) is 0 Å². The zero-order valence-corrected chi connectivity index (χ0v) is 12.5. The number of carbonyl (C=O) groups excluding carboxylic acids is 2. The molecule has 1 aromatic rings. The van der Waals surface area contributed by atoms with Crippen LogP contribution in [0.2, 0.25) is 5.02 Å². The van der Waals surface area contributed by atoms with E-state index in [1.807, 2.05) is 11.0 Å². The van der Waals surface area contributed by atoms with Crippen LogP contribution in [0.4, 0.5) is 11.4 Å². The number of halogens is 1. The number of carbonyl (C=O) groups is 2. The summed E-state index contributed by atoms with van der Waals surface area (Å²) in [6.45, 7) is 4.37. The van der Waals surface area contributed by atoms with Gasteiger partial charge < -0.3 is 20.9 Å². The molecule has 7 heteroatoms. The lowest BCUT2D eigenvalue weighted by atomic mass is 10.1. The minimum atomic E-state index is -0.652. The maximum atomic E-state index is 11.6. The molecule has 2 aliphatic heterocycles. The number of nitrogens with zero attached hydrogens (tertiary/aromatic N) is 2. The highest BCUT2D eigenvalue weighted by molar-refractivity contribution is 6.33. The first-order valence-corrected chi connectivity index (χ1v) is 7.25. The summed E-state index contributed by atoms with van der Waals surface area (Å²) in [5, 5.41) is 3.35. The van der Waals surface area contributed by atoms with E-state index in [2.05, 4.69) is 10.2 Å². The normalized spacial score (nSPS) is 21.3. The van der Waals surface area contributed by atoms with E-state index in [0.29, 0.717) is 18.1 Å². The Morgan fingerprint density at radius 2 is 2.00 bits per heavy atom. The molecule has 1 saturated heterocycles. The molecule has 1 aromatic carbocycles. The predicted octanol–water partition coefficient (Wildman–Crippen LogP) is 0.960. The van der Waals surface area contributed by atoms with Crippen LogP contribution in [0.25, 0.3) is 0 Å². The molecule has 1 unspecified atom stereocenters. The minimum absolute atomic E-state index is 0.0907. The monoisotopic (exact) mass is 308 g/mol. The van der Waals surface area contributed by atoms with Gasteiger partial charge in [0.1, 0.15) is 6.04 Å². The Morgan fingerprint density at radius 3 is 2.62 bits per heavy atom. The summed E-state index contributed by atoms with van der Waals surface area (Å²) in [4.78, 5) is 26.9. The lowest BCUT2D eigenvalue weighted by Crippen LogP contribution is -2.48. The molecule has 112 valence electrons. The van der Waals surface area contributed by atoms with Crippen molar-refractivity contribution in [2.75, 3.05) is 36.4 Å². The van der Waals surface area contributed by atoms with Gasteiger partial charge in [0.05, 0.1) is 10.7 Å². The van der Waals surface area contributed by atoms with E-state index in [-0.39, 0.29) is 11.8 Å². The molecule has 21 heavy (non-hydrogen) atoms. The third-order valence-corrected chi connectivity index (χ3v) is 4.36. The maximum absolute atomic E-state index is 11.6. The van der Waals surface area contributed by atoms with Crippen molar-refractivity contribution in [1.82, 2.24) is 4.90 Å². The zero-order chi connectivity index (χ0) is 15.1. The Bertz CT molecular complexity index is 611. The van der Waals surface area contributed by atoms with Gasteiger partial charge in [-0.3, -0.25) is 9.59 Å². The van der Waals surface area contributed by atoms with Gasteiger partial charge in [-0.15, -0.1) is 0 Å². The van der Waals surface area contributed by atoms with E-state index in [4.69, 9.17) is 17.3 Å². The van der Waals surface area contributed by atoms with Crippen molar-refractivity contribution in [3.05, 3.63) is 22.7 Å². The number of nitrogens with one attached hydrogen (secondary N) is 1. The van der Waals surface area contributed by atoms with E-state index >= 15 is 0 Å². The van der Waals surface area contributed by atoms with Crippen LogP contribution in [0, 0.1) is 0 Å². The molecule has 0 aromatic heterocycles. The topological polar surface area (TPSA) is 78.7 Å². The third kappa shape index (κ3) is 2.45. The standard InChI is InChI=1S/C14H17ClN4O2/c1-8(20)18-2-4-19(5-3-18)12-7-11-9(6-10(12)15)13(16)14(21)17-11/h6-7,13H,2-5,16H2,1H3,(H,17,21). The van der Waals surface area contributed by atoms with Crippen LogP contribution in [-0.4, -0.2) is 42.9 Å². The molecule has 2 amide bonds. The van der Waals surface area contributed by atoms with Gasteiger partial charge in [-0.05, 0) is 12.1 Å². The number of amides is 2. The molecule has 2 aliphatic rings. The molecule has 3 N–H and O–H groups in total. The van der Waals surface area contributed by atoms with E-state index in [1.165, 1.54) is 0 Å². The molecule has 1 atom stereocenters. The third-order valence-electron chi connectivity index (χ3n) is 4.06. The first kappa shape index (κ1) is 14.2. The number of hydrogen-bond acceptors (Lipinski definition) is 4. The van der Waals surface area contributed by atoms with Crippen molar-refractivity contribution in [1.29, 1.82) is 0 Å². The molecule has 0 saturated carbocycles. The first-order valence-electron chi connectivity index (χ1n) is 6.87. The van der Waals surface area contributed by atoms with E-state index in [0.717, 1.165) is 30.0 Å². The fourth-order valence-electron chi connectivity index (χ4n) is 2.80. The van der Waals surface area contributed by atoms with Gasteiger partial charge in [-0.2, -0.15) is 0 Å². The van der Waals surface area contributed by atoms with E-state index in [9.17, 15) is 9.59 Å². The first-order chi connectivity index (χ1) is 9.97. The predicted molar refractivity (Wildman–Crippen MR) is 81.5 cm³/mol. The molecule has 1 fully saturated rings. The number of piperazine rings is 1. The van der Waals surface area contributed by atoms with Crippen molar-refractivity contribution >= 4 is 34.8 Å². The molecular weight excluding hydrogens is 292 g/mol. The summed E-state index contributed by atoms with van der Waals surface area (Å²) < 4.78 is 0. The Kier molecular flexibility index (Phi) is 3.51. The number of nitrogens with two attached hydrogens (primary N) is 1. The molecule has 6 nitrogen and oxygen atoms in total. The summed E-state index contributed by atoms with van der Waals surface area (Å²) in [6.07, 6.45) is 0. The maximum Gasteiger partial charge on any atom is 0.245 e. The quantitative estimate of drug-likeness (QED) is 0.810. The number of rotatable bonds is 1. The summed E-state index contributed by atoms with van der Waals surface area (Å²) in [5.41, 5.74) is 8.13. The molecule has 2 heterocycles. The second-order valence-electron chi connectivity index (χ2n) is 5.35. The molecule has 0 aliphatic carbocycles. The lowest BCUT2D eigenvalue weighted by Gasteiger charge is -2.36. The molecule has 3 rings (SSSR count). The zero-order valence-electron chi connectivity index (χ0n) is 11.7. The number of benzene rings is 1. The van der Waals surface area contributed by atoms with Crippen LogP contribution in [0.1, 0.15) is 18.5 Å². The van der Waals surface area contributed by atoms with Gasteiger partial charge in [-0.25, -0.2) is 0 Å². The van der Waals surface area contributed by atoms with Crippen molar-refractivity contribution in [2.24, 2.45) is 5.73 Å². The highest BCUT2D eigenvalue weighted by Gasteiger charge is 2.29. The van der Waals surface area contributed by atoms with Crippen molar-refractivity contribution in [2.45, 2.75) is 13.0 Å². The average Bonchev–Trinajstić information content (AvgIpc) is 2.73. The highest BCUT2D eigenvalue weighted by Crippen LogP contribution is 2.38.